The Morgan fingerprint density at radius 1 is 1.16 bits per heavy atom. The van der Waals surface area contributed by atoms with Gasteiger partial charge in [-0.05, 0) is 32.0 Å². The number of nitrogens with zero attached hydrogens (tertiary/aromatic N) is 2. The van der Waals surface area contributed by atoms with E-state index in [1.165, 1.54) is 0 Å². The number of para-hydroxylation sites is 1. The maximum absolute atomic E-state index is 12.5. The smallest absolute Gasteiger partial charge is 0.253 e. The van der Waals surface area contributed by atoms with Gasteiger partial charge in [-0.1, -0.05) is 18.2 Å². The predicted molar refractivity (Wildman–Crippen MR) is 104 cm³/mol. The van der Waals surface area contributed by atoms with Crippen molar-refractivity contribution in [1.29, 1.82) is 0 Å². The number of amides is 1. The summed E-state index contributed by atoms with van der Waals surface area (Å²) < 4.78 is 2.13. The number of hydrogen-bond acceptors (Lipinski definition) is 3. The SMILES string of the molecule is Cc1cc(C(=O)NCCN2CCNCC2)c(C)n1-c1ccccc1.Cl. The molecule has 0 radical (unpaired) electrons. The van der Waals surface area contributed by atoms with E-state index < -0.39 is 0 Å². The number of halogens is 1. The molecular weight excluding hydrogens is 336 g/mol. The van der Waals surface area contributed by atoms with Gasteiger partial charge in [0.15, 0.2) is 0 Å². The maximum atomic E-state index is 12.5. The van der Waals surface area contributed by atoms with Crippen LogP contribution < -0.4 is 10.6 Å². The number of piperazine rings is 1. The molecule has 0 spiro atoms. The van der Waals surface area contributed by atoms with E-state index >= 15 is 0 Å². The van der Waals surface area contributed by atoms with Crippen LogP contribution >= 0.6 is 12.4 Å². The van der Waals surface area contributed by atoms with Crippen LogP contribution in [0.15, 0.2) is 36.4 Å². The highest BCUT2D eigenvalue weighted by Gasteiger charge is 2.17. The first-order valence-electron chi connectivity index (χ1n) is 8.62. The van der Waals surface area contributed by atoms with Gasteiger partial charge >= 0.3 is 0 Å². The lowest BCUT2D eigenvalue weighted by molar-refractivity contribution is 0.0946. The number of aromatic nitrogens is 1. The van der Waals surface area contributed by atoms with Gasteiger partial charge in [0.25, 0.3) is 5.91 Å². The summed E-state index contributed by atoms with van der Waals surface area (Å²) in [6.07, 6.45) is 0. The third-order valence-corrected chi connectivity index (χ3v) is 4.61. The fourth-order valence-electron chi connectivity index (χ4n) is 3.32. The Morgan fingerprint density at radius 2 is 1.84 bits per heavy atom. The molecule has 25 heavy (non-hydrogen) atoms. The lowest BCUT2D eigenvalue weighted by atomic mass is 10.2. The Morgan fingerprint density at radius 3 is 2.52 bits per heavy atom. The minimum atomic E-state index is 0. The lowest BCUT2D eigenvalue weighted by Gasteiger charge is -2.27. The predicted octanol–water partition coefficient (Wildman–Crippen LogP) is 2.15. The molecule has 1 aromatic heterocycles. The van der Waals surface area contributed by atoms with Crippen LogP contribution in [-0.2, 0) is 0 Å². The van der Waals surface area contributed by atoms with E-state index in [9.17, 15) is 4.79 Å². The largest absolute Gasteiger partial charge is 0.351 e. The highest BCUT2D eigenvalue weighted by molar-refractivity contribution is 5.95. The molecule has 2 heterocycles. The zero-order valence-corrected chi connectivity index (χ0v) is 15.7. The van der Waals surface area contributed by atoms with E-state index in [1.54, 1.807) is 0 Å². The Kier molecular flexibility index (Phi) is 7.05. The minimum absolute atomic E-state index is 0. The van der Waals surface area contributed by atoms with E-state index in [0.29, 0.717) is 6.54 Å². The van der Waals surface area contributed by atoms with Gasteiger partial charge in [0.05, 0.1) is 5.56 Å². The van der Waals surface area contributed by atoms with Crippen molar-refractivity contribution in [2.24, 2.45) is 0 Å². The third-order valence-electron chi connectivity index (χ3n) is 4.61. The Labute approximate surface area is 155 Å². The first-order valence-corrected chi connectivity index (χ1v) is 8.62. The van der Waals surface area contributed by atoms with E-state index in [2.05, 4.69) is 32.2 Å². The summed E-state index contributed by atoms with van der Waals surface area (Å²) in [5.41, 5.74) is 3.91. The van der Waals surface area contributed by atoms with Gasteiger partial charge in [0.2, 0.25) is 0 Å². The molecule has 1 saturated heterocycles. The van der Waals surface area contributed by atoms with Crippen LogP contribution in [0.2, 0.25) is 0 Å². The number of nitrogens with one attached hydrogen (secondary N) is 2. The molecule has 0 unspecified atom stereocenters. The second-order valence-electron chi connectivity index (χ2n) is 6.30. The molecule has 1 aliphatic rings. The van der Waals surface area contributed by atoms with Crippen molar-refractivity contribution in [2.75, 3.05) is 39.3 Å². The molecule has 1 amide bonds. The Hall–Kier alpha value is -1.82. The molecule has 2 N–H and O–H groups in total. The molecule has 0 bridgehead atoms. The van der Waals surface area contributed by atoms with E-state index in [-0.39, 0.29) is 18.3 Å². The van der Waals surface area contributed by atoms with Crippen LogP contribution in [0.5, 0.6) is 0 Å². The van der Waals surface area contributed by atoms with Crippen molar-refractivity contribution in [1.82, 2.24) is 20.1 Å². The molecule has 136 valence electrons. The van der Waals surface area contributed by atoms with E-state index in [4.69, 9.17) is 0 Å². The second-order valence-corrected chi connectivity index (χ2v) is 6.30. The lowest BCUT2D eigenvalue weighted by Crippen LogP contribution is -2.46. The number of carbonyl (C=O) groups excluding carboxylic acids is 1. The van der Waals surface area contributed by atoms with Crippen molar-refractivity contribution < 1.29 is 4.79 Å². The highest BCUT2D eigenvalue weighted by Crippen LogP contribution is 2.20. The van der Waals surface area contributed by atoms with Gasteiger partial charge in [-0.15, -0.1) is 12.4 Å². The first-order chi connectivity index (χ1) is 11.7. The molecule has 3 rings (SSSR count). The van der Waals surface area contributed by atoms with Gasteiger partial charge in [-0.3, -0.25) is 9.69 Å². The standard InChI is InChI=1S/C19H26N4O.ClH/c1-15-14-18(16(2)23(15)17-6-4-3-5-7-17)19(24)21-10-13-22-11-8-20-9-12-22;/h3-7,14,20H,8-13H2,1-2H3,(H,21,24);1H. The van der Waals surface area contributed by atoms with Crippen molar-refractivity contribution in [3.05, 3.63) is 53.3 Å². The summed E-state index contributed by atoms with van der Waals surface area (Å²) >= 11 is 0. The number of rotatable bonds is 5. The maximum Gasteiger partial charge on any atom is 0.253 e. The molecule has 1 fully saturated rings. The number of carbonyl (C=O) groups is 1. The van der Waals surface area contributed by atoms with Gasteiger partial charge in [-0.25, -0.2) is 0 Å². The summed E-state index contributed by atoms with van der Waals surface area (Å²) in [6.45, 7) is 9.82. The van der Waals surface area contributed by atoms with Crippen LogP contribution in [-0.4, -0.2) is 54.6 Å². The zero-order chi connectivity index (χ0) is 16.9. The summed E-state index contributed by atoms with van der Waals surface area (Å²) in [5, 5.41) is 6.40. The van der Waals surface area contributed by atoms with Gasteiger partial charge < -0.3 is 15.2 Å². The summed E-state index contributed by atoms with van der Waals surface area (Å²) in [5.74, 6) is 0.0143. The van der Waals surface area contributed by atoms with Crippen molar-refractivity contribution in [3.8, 4) is 5.69 Å². The van der Waals surface area contributed by atoms with Crippen molar-refractivity contribution >= 4 is 18.3 Å². The third kappa shape index (κ3) is 4.63. The molecule has 1 aliphatic heterocycles. The van der Waals surface area contributed by atoms with Crippen molar-refractivity contribution in [3.63, 3.8) is 0 Å². The average molecular weight is 363 g/mol. The fraction of sp³-hybridized carbons (Fsp3) is 0.421. The molecule has 6 heteroatoms. The van der Waals surface area contributed by atoms with Gasteiger partial charge in [0.1, 0.15) is 0 Å². The molecule has 5 nitrogen and oxygen atoms in total. The summed E-state index contributed by atoms with van der Waals surface area (Å²) in [6, 6.07) is 12.1. The molecule has 2 aromatic rings. The van der Waals surface area contributed by atoms with Gasteiger partial charge in [-0.2, -0.15) is 0 Å². The molecular formula is C19H27ClN4O. The number of hydrogen-bond donors (Lipinski definition) is 2. The minimum Gasteiger partial charge on any atom is -0.351 e. The molecule has 0 atom stereocenters. The van der Waals surface area contributed by atoms with Crippen LogP contribution in [0, 0.1) is 13.8 Å². The zero-order valence-electron chi connectivity index (χ0n) is 14.9. The molecule has 1 aromatic carbocycles. The topological polar surface area (TPSA) is 49.3 Å². The van der Waals surface area contributed by atoms with Gasteiger partial charge in [0, 0.05) is 56.3 Å². The summed E-state index contributed by atoms with van der Waals surface area (Å²) in [4.78, 5) is 14.9. The van der Waals surface area contributed by atoms with Crippen LogP contribution in [0.1, 0.15) is 21.7 Å². The monoisotopic (exact) mass is 362 g/mol. The fourth-order valence-corrected chi connectivity index (χ4v) is 3.32. The number of benzene rings is 1. The normalized spacial score (nSPS) is 14.8. The van der Waals surface area contributed by atoms with Crippen LogP contribution in [0.3, 0.4) is 0 Å². The Bertz CT molecular complexity index is 693. The van der Waals surface area contributed by atoms with Crippen LogP contribution in [0.4, 0.5) is 0 Å². The summed E-state index contributed by atoms with van der Waals surface area (Å²) in [7, 11) is 0. The van der Waals surface area contributed by atoms with E-state index in [0.717, 1.165) is 55.4 Å². The van der Waals surface area contributed by atoms with E-state index in [1.807, 2.05) is 38.1 Å². The average Bonchev–Trinajstić information content (AvgIpc) is 2.91. The van der Waals surface area contributed by atoms with Crippen LogP contribution in [0.25, 0.3) is 5.69 Å². The second kappa shape index (κ2) is 9.04. The van der Waals surface area contributed by atoms with Crippen molar-refractivity contribution in [2.45, 2.75) is 13.8 Å². The number of aryl methyl sites for hydroxylation is 1. The molecule has 0 saturated carbocycles. The quantitative estimate of drug-likeness (QED) is 0.856. The first kappa shape index (κ1) is 19.5. The molecule has 0 aliphatic carbocycles. The Balaban J connectivity index is 0.00000225. The highest BCUT2D eigenvalue weighted by atomic mass is 35.5.